The maximum absolute atomic E-state index is 11.6. The van der Waals surface area contributed by atoms with Crippen LogP contribution in [-0.2, 0) is 14.0 Å². The molecule has 10 heteroatoms. The van der Waals surface area contributed by atoms with E-state index in [-0.39, 0.29) is 46.5 Å². The Labute approximate surface area is 146 Å². The van der Waals surface area contributed by atoms with E-state index in [0.717, 1.165) is 0 Å². The molecule has 0 spiro atoms. The van der Waals surface area contributed by atoms with Gasteiger partial charge in [0.05, 0.1) is 12.7 Å². The molecule has 1 aromatic carbocycles. The van der Waals surface area contributed by atoms with Gasteiger partial charge < -0.3 is 28.2 Å². The van der Waals surface area contributed by atoms with Crippen LogP contribution in [0.3, 0.4) is 0 Å². The van der Waals surface area contributed by atoms with E-state index < -0.39 is 25.9 Å². The Bertz CT molecular complexity index is 747. The Kier molecular flexibility index (Phi) is 6.37. The van der Waals surface area contributed by atoms with E-state index in [1.54, 1.807) is 0 Å². The molecule has 2 aromatic rings. The first-order chi connectivity index (χ1) is 9.80. The number of methoxy groups -OCH3 is 1. The van der Waals surface area contributed by atoms with Gasteiger partial charge in [-0.05, 0) is 18.2 Å². The molecule has 2 rings (SSSR count). The Morgan fingerprint density at radius 1 is 1.32 bits per heavy atom. The molecule has 1 atom stereocenters. The first-order valence-corrected chi connectivity index (χ1v) is 7.38. The Morgan fingerprint density at radius 2 is 2.00 bits per heavy atom. The quantitative estimate of drug-likeness (QED) is 0.382. The second-order valence-electron chi connectivity index (χ2n) is 4.05. The summed E-state index contributed by atoms with van der Waals surface area (Å²) in [7, 11) is -3.47. The third-order valence-electron chi connectivity index (χ3n) is 2.50. The number of ether oxygens (including phenoxy) is 2. The second-order valence-corrected chi connectivity index (χ2v) is 5.59. The molecule has 8 nitrogen and oxygen atoms in total. The SMILES string of the molecule is COC(=O)c1ccc2cc(C(=O)OCP(=O)([O-])O)oc2c1.[Na+]. The standard InChI is InChI=1S/C12H11O8P.Na/c1-18-11(13)8-3-2-7-4-10(20-9(7)5-8)12(14)19-6-21(15,16)17;/h2-5H,6H2,1H3,(H2,15,16,17);/q;+1/p-1. The van der Waals surface area contributed by atoms with Crippen molar-refractivity contribution in [1.82, 2.24) is 0 Å². The Morgan fingerprint density at radius 3 is 2.59 bits per heavy atom. The molecule has 22 heavy (non-hydrogen) atoms. The zero-order valence-corrected chi connectivity index (χ0v) is 14.7. The molecular formula is C12H10NaO8P. The molecule has 0 fully saturated rings. The average Bonchev–Trinajstić information content (AvgIpc) is 2.85. The molecule has 0 amide bonds. The summed E-state index contributed by atoms with van der Waals surface area (Å²) in [5, 5.41) is 0.518. The molecule has 0 aliphatic carbocycles. The normalized spacial score (nSPS) is 13.0. The number of hydrogen-bond donors (Lipinski definition) is 1. The van der Waals surface area contributed by atoms with Crippen molar-refractivity contribution in [2.24, 2.45) is 0 Å². The van der Waals surface area contributed by atoms with Crippen molar-refractivity contribution in [3.05, 3.63) is 35.6 Å². The fourth-order valence-corrected chi connectivity index (χ4v) is 1.87. The molecule has 0 saturated heterocycles. The summed E-state index contributed by atoms with van der Waals surface area (Å²) in [5.41, 5.74) is 0.470. The number of fused-ring (bicyclic) bond motifs is 1. The van der Waals surface area contributed by atoms with E-state index in [2.05, 4.69) is 9.47 Å². The number of hydrogen-bond acceptors (Lipinski definition) is 7. The van der Waals surface area contributed by atoms with Crippen LogP contribution in [-0.4, -0.2) is 30.3 Å². The van der Waals surface area contributed by atoms with Crippen LogP contribution in [0.1, 0.15) is 20.9 Å². The third-order valence-corrected chi connectivity index (χ3v) is 2.96. The Hall–Kier alpha value is -1.15. The predicted molar refractivity (Wildman–Crippen MR) is 67.7 cm³/mol. The molecule has 112 valence electrons. The van der Waals surface area contributed by atoms with Gasteiger partial charge in [-0.1, -0.05) is 6.07 Å². The molecular weight excluding hydrogens is 326 g/mol. The van der Waals surface area contributed by atoms with E-state index in [0.29, 0.717) is 5.39 Å². The molecule has 1 N–H and O–H groups in total. The number of furan rings is 1. The van der Waals surface area contributed by atoms with Crippen molar-refractivity contribution in [2.75, 3.05) is 13.5 Å². The fourth-order valence-electron chi connectivity index (χ4n) is 1.59. The predicted octanol–water partition coefficient (Wildman–Crippen LogP) is -2.12. The molecule has 1 heterocycles. The number of carbonyl (C=O) groups excluding carboxylic acids is 2. The van der Waals surface area contributed by atoms with Gasteiger partial charge in [0.2, 0.25) is 5.76 Å². The molecule has 1 unspecified atom stereocenters. The molecule has 0 aliphatic heterocycles. The largest absolute Gasteiger partial charge is 1.00 e. The van der Waals surface area contributed by atoms with Gasteiger partial charge >= 0.3 is 41.5 Å². The smallest absolute Gasteiger partial charge is 0.776 e. The summed E-state index contributed by atoms with van der Waals surface area (Å²) in [6.07, 6.45) is -1.14. The second kappa shape index (κ2) is 7.41. The van der Waals surface area contributed by atoms with Crippen molar-refractivity contribution in [3.8, 4) is 0 Å². The molecule has 0 bridgehead atoms. The number of benzene rings is 1. The summed E-state index contributed by atoms with van der Waals surface area (Å²) < 4.78 is 24.6. The topological polar surface area (TPSA) is 126 Å². The van der Waals surface area contributed by atoms with Crippen molar-refractivity contribution in [1.29, 1.82) is 0 Å². The average molecular weight is 336 g/mol. The number of rotatable bonds is 4. The summed E-state index contributed by atoms with van der Waals surface area (Å²) in [6.45, 7) is 0. The number of esters is 2. The van der Waals surface area contributed by atoms with E-state index in [9.17, 15) is 19.0 Å². The maximum Gasteiger partial charge on any atom is 1.00 e. The minimum absolute atomic E-state index is 0. The van der Waals surface area contributed by atoms with Gasteiger partial charge in [0.25, 0.3) is 0 Å². The minimum Gasteiger partial charge on any atom is -0.776 e. The van der Waals surface area contributed by atoms with E-state index >= 15 is 0 Å². The van der Waals surface area contributed by atoms with Crippen LogP contribution in [0.2, 0.25) is 0 Å². The van der Waals surface area contributed by atoms with Crippen LogP contribution < -0.4 is 34.5 Å². The van der Waals surface area contributed by atoms with Crippen LogP contribution in [0.15, 0.2) is 28.7 Å². The first kappa shape index (κ1) is 18.9. The van der Waals surface area contributed by atoms with Crippen molar-refractivity contribution < 1.29 is 67.4 Å². The van der Waals surface area contributed by atoms with Crippen LogP contribution in [0.4, 0.5) is 0 Å². The van der Waals surface area contributed by atoms with Crippen LogP contribution >= 0.6 is 7.60 Å². The van der Waals surface area contributed by atoms with E-state index in [1.165, 1.54) is 31.4 Å². The first-order valence-electron chi connectivity index (χ1n) is 5.62. The summed E-state index contributed by atoms with van der Waals surface area (Å²) in [4.78, 5) is 42.0. The van der Waals surface area contributed by atoms with Gasteiger partial charge in [0.1, 0.15) is 5.58 Å². The minimum atomic E-state index is -4.70. The fraction of sp³-hybridized carbons (Fsp3) is 0.167. The number of carbonyl (C=O) groups is 2. The molecule has 1 aromatic heterocycles. The van der Waals surface area contributed by atoms with E-state index in [1.807, 2.05) is 0 Å². The zero-order chi connectivity index (χ0) is 15.6. The molecule has 0 radical (unpaired) electrons. The van der Waals surface area contributed by atoms with Gasteiger partial charge in [-0.2, -0.15) is 0 Å². The summed E-state index contributed by atoms with van der Waals surface area (Å²) >= 11 is 0. The van der Waals surface area contributed by atoms with Gasteiger partial charge in [0.15, 0.2) is 13.9 Å². The van der Waals surface area contributed by atoms with Crippen LogP contribution in [0.25, 0.3) is 11.0 Å². The maximum atomic E-state index is 11.6. The van der Waals surface area contributed by atoms with Gasteiger partial charge in [0, 0.05) is 5.39 Å². The third kappa shape index (κ3) is 4.67. The van der Waals surface area contributed by atoms with Crippen molar-refractivity contribution in [2.45, 2.75) is 0 Å². The summed E-state index contributed by atoms with van der Waals surface area (Å²) in [6, 6.07) is 5.72. The van der Waals surface area contributed by atoms with E-state index in [4.69, 9.17) is 9.31 Å². The molecule has 0 aliphatic rings. The monoisotopic (exact) mass is 336 g/mol. The van der Waals surface area contributed by atoms with Gasteiger partial charge in [-0.3, -0.25) is 0 Å². The van der Waals surface area contributed by atoms with Gasteiger partial charge in [-0.25, -0.2) is 9.59 Å². The summed E-state index contributed by atoms with van der Waals surface area (Å²) in [5.74, 6) is -1.86. The zero-order valence-electron chi connectivity index (χ0n) is 11.8. The van der Waals surface area contributed by atoms with Crippen LogP contribution in [0, 0.1) is 0 Å². The van der Waals surface area contributed by atoms with Crippen LogP contribution in [0.5, 0.6) is 0 Å². The van der Waals surface area contributed by atoms with Crippen molar-refractivity contribution >= 4 is 30.5 Å². The Balaban J connectivity index is 0.00000242. The van der Waals surface area contributed by atoms with Crippen molar-refractivity contribution in [3.63, 3.8) is 0 Å². The molecule has 0 saturated carbocycles. The van der Waals surface area contributed by atoms with Gasteiger partial charge in [-0.15, -0.1) is 0 Å².